The minimum atomic E-state index is -0.240. The zero-order valence-corrected chi connectivity index (χ0v) is 10.7. The minimum absolute atomic E-state index is 0.0342. The highest BCUT2D eigenvalue weighted by Crippen LogP contribution is 2.22. The van der Waals surface area contributed by atoms with Crippen LogP contribution in [0.15, 0.2) is 12.4 Å². The number of nitrogens with zero attached hydrogens (tertiary/aromatic N) is 2. The van der Waals surface area contributed by atoms with Crippen LogP contribution >= 0.6 is 0 Å². The fourth-order valence-corrected chi connectivity index (χ4v) is 1.79. The molecule has 0 aliphatic carbocycles. The largest absolute Gasteiger partial charge is 0.469 e. The van der Waals surface area contributed by atoms with Gasteiger partial charge < -0.3 is 10.5 Å². The molecule has 0 aliphatic heterocycles. The van der Waals surface area contributed by atoms with Crippen LogP contribution in [-0.4, -0.2) is 28.9 Å². The summed E-state index contributed by atoms with van der Waals surface area (Å²) in [6, 6.07) is -0.103. The van der Waals surface area contributed by atoms with E-state index in [-0.39, 0.29) is 17.9 Å². The Balaban J connectivity index is 2.78. The molecule has 0 aromatic carbocycles. The van der Waals surface area contributed by atoms with Crippen LogP contribution in [0.3, 0.4) is 0 Å². The van der Waals surface area contributed by atoms with Crippen LogP contribution in [0.25, 0.3) is 0 Å². The van der Waals surface area contributed by atoms with E-state index in [4.69, 9.17) is 5.73 Å². The standard InChI is InChI=1S/C12H21N3O2/c1-4-5-15-8-10(7-14-15)11(9(2)13)6-12(16)17-3/h7-9,11H,4-6,13H2,1-3H3. The van der Waals surface area contributed by atoms with Gasteiger partial charge in [0.2, 0.25) is 0 Å². The molecule has 0 saturated heterocycles. The maximum absolute atomic E-state index is 11.3. The van der Waals surface area contributed by atoms with E-state index in [0.29, 0.717) is 6.42 Å². The zero-order chi connectivity index (χ0) is 12.8. The van der Waals surface area contributed by atoms with Gasteiger partial charge in [0.15, 0.2) is 0 Å². The van der Waals surface area contributed by atoms with Crippen molar-refractivity contribution in [2.45, 2.75) is 45.2 Å². The summed E-state index contributed by atoms with van der Waals surface area (Å²) in [7, 11) is 1.39. The smallest absolute Gasteiger partial charge is 0.306 e. The third-order valence-electron chi connectivity index (χ3n) is 2.78. The predicted molar refractivity (Wildman–Crippen MR) is 65.5 cm³/mol. The number of nitrogens with two attached hydrogens (primary N) is 1. The van der Waals surface area contributed by atoms with Gasteiger partial charge in [0.25, 0.3) is 0 Å². The number of esters is 1. The second kappa shape index (κ2) is 6.39. The lowest BCUT2D eigenvalue weighted by Gasteiger charge is -2.17. The number of ether oxygens (including phenoxy) is 1. The molecule has 0 fully saturated rings. The van der Waals surface area contributed by atoms with Gasteiger partial charge in [-0.3, -0.25) is 9.48 Å². The third kappa shape index (κ3) is 3.85. The summed E-state index contributed by atoms with van der Waals surface area (Å²) >= 11 is 0. The van der Waals surface area contributed by atoms with Crippen molar-refractivity contribution >= 4 is 5.97 Å². The average Bonchev–Trinajstić information content (AvgIpc) is 2.74. The van der Waals surface area contributed by atoms with Crippen molar-refractivity contribution in [3.05, 3.63) is 18.0 Å². The summed E-state index contributed by atoms with van der Waals surface area (Å²) in [6.07, 6.45) is 5.07. The lowest BCUT2D eigenvalue weighted by molar-refractivity contribution is -0.141. The summed E-state index contributed by atoms with van der Waals surface area (Å²) in [5.41, 5.74) is 6.91. The fourth-order valence-electron chi connectivity index (χ4n) is 1.79. The maximum Gasteiger partial charge on any atom is 0.306 e. The summed E-state index contributed by atoms with van der Waals surface area (Å²) in [4.78, 5) is 11.3. The first-order valence-electron chi connectivity index (χ1n) is 5.93. The van der Waals surface area contributed by atoms with Crippen molar-refractivity contribution < 1.29 is 9.53 Å². The third-order valence-corrected chi connectivity index (χ3v) is 2.78. The highest BCUT2D eigenvalue weighted by molar-refractivity contribution is 5.70. The number of aryl methyl sites for hydroxylation is 1. The molecule has 0 radical (unpaired) electrons. The molecule has 2 N–H and O–H groups in total. The SMILES string of the molecule is CCCn1cc(C(CC(=O)OC)C(C)N)cn1. The molecule has 1 rings (SSSR count). The first-order valence-corrected chi connectivity index (χ1v) is 5.93. The summed E-state index contributed by atoms with van der Waals surface area (Å²) in [5.74, 6) is -0.274. The molecule has 0 saturated carbocycles. The van der Waals surface area contributed by atoms with Gasteiger partial charge >= 0.3 is 5.97 Å². The fraction of sp³-hybridized carbons (Fsp3) is 0.667. The van der Waals surface area contributed by atoms with E-state index in [2.05, 4.69) is 16.8 Å². The number of carbonyl (C=O) groups is 1. The molecule has 5 heteroatoms. The van der Waals surface area contributed by atoms with Gasteiger partial charge in [-0.05, 0) is 18.9 Å². The number of rotatable bonds is 6. The van der Waals surface area contributed by atoms with Crippen LogP contribution in [0.1, 0.15) is 38.2 Å². The molecule has 96 valence electrons. The van der Waals surface area contributed by atoms with Crippen molar-refractivity contribution in [2.75, 3.05) is 7.11 Å². The predicted octanol–water partition coefficient (Wildman–Crippen LogP) is 1.29. The van der Waals surface area contributed by atoms with Crippen molar-refractivity contribution in [1.82, 2.24) is 9.78 Å². The molecule has 1 heterocycles. The van der Waals surface area contributed by atoms with E-state index < -0.39 is 0 Å². The van der Waals surface area contributed by atoms with E-state index in [9.17, 15) is 4.79 Å². The second-order valence-electron chi connectivity index (χ2n) is 4.28. The van der Waals surface area contributed by atoms with E-state index in [1.54, 1.807) is 6.20 Å². The molecule has 1 aromatic heterocycles. The Morgan fingerprint density at radius 1 is 1.65 bits per heavy atom. The van der Waals surface area contributed by atoms with Gasteiger partial charge in [-0.1, -0.05) is 6.92 Å². The van der Waals surface area contributed by atoms with Crippen LogP contribution in [0, 0.1) is 0 Å². The molecule has 17 heavy (non-hydrogen) atoms. The van der Waals surface area contributed by atoms with Gasteiger partial charge in [-0.25, -0.2) is 0 Å². The van der Waals surface area contributed by atoms with E-state index in [0.717, 1.165) is 18.5 Å². The number of hydrogen-bond acceptors (Lipinski definition) is 4. The maximum atomic E-state index is 11.3. The van der Waals surface area contributed by atoms with Crippen LogP contribution in [0.2, 0.25) is 0 Å². The molecule has 2 unspecified atom stereocenters. The molecular weight excluding hydrogens is 218 g/mol. The molecular formula is C12H21N3O2. The van der Waals surface area contributed by atoms with E-state index in [1.807, 2.05) is 17.8 Å². The van der Waals surface area contributed by atoms with Gasteiger partial charge in [-0.15, -0.1) is 0 Å². The Morgan fingerprint density at radius 2 is 2.35 bits per heavy atom. The highest BCUT2D eigenvalue weighted by atomic mass is 16.5. The summed E-state index contributed by atoms with van der Waals surface area (Å²) in [6.45, 7) is 4.87. The quantitative estimate of drug-likeness (QED) is 0.759. The van der Waals surface area contributed by atoms with Crippen LogP contribution in [-0.2, 0) is 16.1 Å². The van der Waals surface area contributed by atoms with Gasteiger partial charge in [0.05, 0.1) is 19.7 Å². The van der Waals surface area contributed by atoms with Crippen molar-refractivity contribution in [3.63, 3.8) is 0 Å². The number of hydrogen-bond donors (Lipinski definition) is 1. The Morgan fingerprint density at radius 3 is 2.88 bits per heavy atom. The molecule has 0 amide bonds. The molecule has 0 bridgehead atoms. The monoisotopic (exact) mass is 239 g/mol. The molecule has 0 spiro atoms. The van der Waals surface area contributed by atoms with Gasteiger partial charge in [0.1, 0.15) is 0 Å². The van der Waals surface area contributed by atoms with Crippen molar-refractivity contribution in [1.29, 1.82) is 0 Å². The molecule has 1 aromatic rings. The van der Waals surface area contributed by atoms with Crippen LogP contribution in [0.5, 0.6) is 0 Å². The molecule has 0 aliphatic rings. The highest BCUT2D eigenvalue weighted by Gasteiger charge is 2.21. The lowest BCUT2D eigenvalue weighted by Crippen LogP contribution is -2.27. The Kier molecular flexibility index (Phi) is 5.15. The van der Waals surface area contributed by atoms with E-state index >= 15 is 0 Å². The van der Waals surface area contributed by atoms with E-state index in [1.165, 1.54) is 7.11 Å². The summed E-state index contributed by atoms with van der Waals surface area (Å²) in [5, 5.41) is 4.25. The topological polar surface area (TPSA) is 70.1 Å². The normalized spacial score (nSPS) is 14.4. The Hall–Kier alpha value is -1.36. The molecule has 5 nitrogen and oxygen atoms in total. The second-order valence-corrected chi connectivity index (χ2v) is 4.28. The lowest BCUT2D eigenvalue weighted by atomic mass is 9.92. The summed E-state index contributed by atoms with van der Waals surface area (Å²) < 4.78 is 6.56. The van der Waals surface area contributed by atoms with Crippen molar-refractivity contribution in [3.8, 4) is 0 Å². The minimum Gasteiger partial charge on any atom is -0.469 e. The van der Waals surface area contributed by atoms with Crippen LogP contribution in [0.4, 0.5) is 0 Å². The average molecular weight is 239 g/mol. The number of aromatic nitrogens is 2. The Labute approximate surface area is 102 Å². The zero-order valence-electron chi connectivity index (χ0n) is 10.7. The van der Waals surface area contributed by atoms with Gasteiger partial charge in [0, 0.05) is 24.7 Å². The Bertz CT molecular complexity index is 360. The number of carbonyl (C=O) groups excluding carboxylic acids is 1. The number of methoxy groups -OCH3 is 1. The first kappa shape index (κ1) is 13.7. The molecule has 2 atom stereocenters. The van der Waals surface area contributed by atoms with Crippen LogP contribution < -0.4 is 5.73 Å². The van der Waals surface area contributed by atoms with Crippen molar-refractivity contribution in [2.24, 2.45) is 5.73 Å². The van der Waals surface area contributed by atoms with Gasteiger partial charge in [-0.2, -0.15) is 5.10 Å². The first-order chi connectivity index (χ1) is 8.08.